The van der Waals surface area contributed by atoms with Crippen LogP contribution in [0.2, 0.25) is 0 Å². The van der Waals surface area contributed by atoms with Crippen LogP contribution < -0.4 is 0 Å². The summed E-state index contributed by atoms with van der Waals surface area (Å²) in [6.45, 7) is 13.9. The van der Waals surface area contributed by atoms with E-state index >= 15 is 0 Å². The summed E-state index contributed by atoms with van der Waals surface area (Å²) in [6, 6.07) is 0. The Morgan fingerprint density at radius 3 is 2.42 bits per heavy atom. The molecule has 0 aromatic rings. The Balaban J connectivity index is 1.38. The van der Waals surface area contributed by atoms with Crippen LogP contribution in [0.15, 0.2) is 12.2 Å². The Morgan fingerprint density at radius 1 is 0.968 bits per heavy atom. The van der Waals surface area contributed by atoms with Crippen LogP contribution in [0, 0.1) is 51.2 Å². The Kier molecular flexibility index (Phi) is 4.96. The molecule has 2 spiro atoms. The van der Waals surface area contributed by atoms with E-state index in [1.807, 2.05) is 19.9 Å². The van der Waals surface area contributed by atoms with Gasteiger partial charge in [0.2, 0.25) is 0 Å². The maximum Gasteiger partial charge on any atom is 0.0771 e. The maximum atomic E-state index is 10.6. The number of fused-ring (bicyclic) bond motifs is 2. The quantitative estimate of drug-likeness (QED) is 0.486. The number of hydrogen-bond acceptors (Lipinski definition) is 2. The Morgan fingerprint density at radius 2 is 1.71 bits per heavy atom. The van der Waals surface area contributed by atoms with Gasteiger partial charge in [-0.1, -0.05) is 39.8 Å². The number of allylic oxidation sites excluding steroid dienone is 1. The lowest BCUT2D eigenvalue weighted by Gasteiger charge is -2.62. The normalized spacial score (nSPS) is 54.6. The summed E-state index contributed by atoms with van der Waals surface area (Å²) in [5.41, 5.74) is 1.43. The number of hydrogen-bond donors (Lipinski definition) is 2. The number of aliphatic hydroxyl groups excluding tert-OH is 1. The highest BCUT2D eigenvalue weighted by Gasteiger charge is 2.81. The fraction of sp³-hybridized carbons (Fsp3) is 0.931. The van der Waals surface area contributed by atoms with Crippen molar-refractivity contribution in [2.75, 3.05) is 0 Å². The first-order valence-corrected chi connectivity index (χ1v) is 13.5. The van der Waals surface area contributed by atoms with Crippen LogP contribution in [0.25, 0.3) is 0 Å². The molecule has 0 radical (unpaired) electrons. The van der Waals surface area contributed by atoms with Gasteiger partial charge in [0.05, 0.1) is 11.7 Å². The summed E-state index contributed by atoms with van der Waals surface area (Å²) < 4.78 is 0. The fourth-order valence-corrected chi connectivity index (χ4v) is 10.7. The van der Waals surface area contributed by atoms with Crippen LogP contribution in [0.3, 0.4) is 0 Å². The molecule has 176 valence electrons. The van der Waals surface area contributed by atoms with E-state index in [0.717, 1.165) is 30.6 Å². The first-order chi connectivity index (χ1) is 14.4. The molecule has 31 heavy (non-hydrogen) atoms. The minimum absolute atomic E-state index is 0.0528. The standard InChI is InChI=1S/C29H48O2/c1-19(8-7-13-25(3,4)31)21-11-14-27(6)24-10-9-22-20(2)23(30)12-15-28(22)18-29(24,28)17-16-26(21,27)5/h7,13,19-24,30-31H,8-12,14-18H2,1-6H3/t19-,20+,21-,22+,23+,24+,26-,27+,28-,29+/m1/s1. The van der Waals surface area contributed by atoms with Crippen molar-refractivity contribution in [1.29, 1.82) is 0 Å². The monoisotopic (exact) mass is 428 g/mol. The highest BCUT2D eigenvalue weighted by molar-refractivity contribution is 5.29. The lowest BCUT2D eigenvalue weighted by atomic mass is 9.43. The summed E-state index contributed by atoms with van der Waals surface area (Å²) in [6.07, 6.45) is 17.5. The Bertz CT molecular complexity index is 750. The van der Waals surface area contributed by atoms with Gasteiger partial charge in [0.25, 0.3) is 0 Å². The molecule has 2 N–H and O–H groups in total. The van der Waals surface area contributed by atoms with Gasteiger partial charge in [-0.2, -0.15) is 0 Å². The minimum Gasteiger partial charge on any atom is -0.393 e. The van der Waals surface area contributed by atoms with Crippen molar-refractivity contribution in [3.8, 4) is 0 Å². The lowest BCUT2D eigenvalue weighted by molar-refractivity contribution is -0.142. The van der Waals surface area contributed by atoms with E-state index in [4.69, 9.17) is 0 Å². The molecule has 0 unspecified atom stereocenters. The highest BCUT2D eigenvalue weighted by Crippen LogP contribution is 2.88. The molecule has 10 atom stereocenters. The molecule has 2 nitrogen and oxygen atoms in total. The van der Waals surface area contributed by atoms with Crippen LogP contribution >= 0.6 is 0 Å². The third-order valence-corrected chi connectivity index (χ3v) is 12.4. The van der Waals surface area contributed by atoms with Gasteiger partial charge in [-0.3, -0.25) is 0 Å². The van der Waals surface area contributed by atoms with Gasteiger partial charge in [-0.15, -0.1) is 0 Å². The molecule has 5 saturated carbocycles. The van der Waals surface area contributed by atoms with E-state index in [1.54, 1.807) is 0 Å². The predicted octanol–water partition coefficient (Wildman–Crippen LogP) is 6.75. The first kappa shape index (κ1) is 22.5. The van der Waals surface area contributed by atoms with Crippen LogP contribution in [0.4, 0.5) is 0 Å². The SMILES string of the molecule is C[C@@H]1[C@@H](O)CC[C@]23C[C@]24CC[C@]2(C)[C@@H]([C@H](C)CC=CC(C)(C)O)CC[C@@]2(C)[C@@H]4CC[C@@H]13. The predicted molar refractivity (Wildman–Crippen MR) is 127 cm³/mol. The molecule has 0 bridgehead atoms. The molecule has 5 aliphatic carbocycles. The van der Waals surface area contributed by atoms with E-state index in [1.165, 1.54) is 51.4 Å². The van der Waals surface area contributed by atoms with Crippen molar-refractivity contribution in [2.45, 2.75) is 117 Å². The molecule has 5 aliphatic rings. The number of aliphatic hydroxyl groups is 2. The molecule has 0 heterocycles. The van der Waals surface area contributed by atoms with Crippen LogP contribution in [0.1, 0.15) is 106 Å². The molecular formula is C29H48O2. The van der Waals surface area contributed by atoms with Crippen LogP contribution in [-0.4, -0.2) is 21.9 Å². The summed E-state index contributed by atoms with van der Waals surface area (Å²) in [4.78, 5) is 0. The molecule has 0 aromatic carbocycles. The lowest BCUT2D eigenvalue weighted by Crippen LogP contribution is -2.55. The minimum atomic E-state index is -0.700. The van der Waals surface area contributed by atoms with Crippen molar-refractivity contribution in [2.24, 2.45) is 51.2 Å². The van der Waals surface area contributed by atoms with Crippen molar-refractivity contribution < 1.29 is 10.2 Å². The number of rotatable bonds is 4. The van der Waals surface area contributed by atoms with Crippen LogP contribution in [-0.2, 0) is 0 Å². The van der Waals surface area contributed by atoms with E-state index in [2.05, 4.69) is 33.8 Å². The van der Waals surface area contributed by atoms with Gasteiger partial charge in [-0.05, 0) is 129 Å². The second-order valence-corrected chi connectivity index (χ2v) is 13.9. The van der Waals surface area contributed by atoms with Crippen LogP contribution in [0.5, 0.6) is 0 Å². The molecule has 5 fully saturated rings. The zero-order valence-electron chi connectivity index (χ0n) is 21.1. The van der Waals surface area contributed by atoms with Crippen molar-refractivity contribution in [1.82, 2.24) is 0 Å². The molecule has 0 aromatic heterocycles. The summed E-state index contributed by atoms with van der Waals surface area (Å²) >= 11 is 0. The second-order valence-electron chi connectivity index (χ2n) is 13.9. The molecule has 0 saturated heterocycles. The van der Waals surface area contributed by atoms with Crippen molar-refractivity contribution in [3.63, 3.8) is 0 Å². The highest BCUT2D eigenvalue weighted by atomic mass is 16.3. The van der Waals surface area contributed by atoms with E-state index in [0.29, 0.717) is 33.5 Å². The Labute approximate surface area is 191 Å². The molecular weight excluding hydrogens is 380 g/mol. The maximum absolute atomic E-state index is 10.6. The van der Waals surface area contributed by atoms with Gasteiger partial charge in [0, 0.05) is 0 Å². The topological polar surface area (TPSA) is 40.5 Å². The first-order valence-electron chi connectivity index (χ1n) is 13.5. The third kappa shape index (κ3) is 2.89. The van der Waals surface area contributed by atoms with Crippen molar-refractivity contribution in [3.05, 3.63) is 12.2 Å². The van der Waals surface area contributed by atoms with Gasteiger partial charge in [0.1, 0.15) is 0 Å². The second kappa shape index (κ2) is 6.84. The molecule has 5 rings (SSSR count). The summed E-state index contributed by atoms with van der Waals surface area (Å²) in [5, 5.41) is 20.6. The summed E-state index contributed by atoms with van der Waals surface area (Å²) in [5.74, 6) is 3.69. The third-order valence-electron chi connectivity index (χ3n) is 12.4. The van der Waals surface area contributed by atoms with Gasteiger partial charge in [0.15, 0.2) is 0 Å². The Hall–Kier alpha value is -0.340. The van der Waals surface area contributed by atoms with Gasteiger partial charge < -0.3 is 10.2 Å². The average molecular weight is 429 g/mol. The average Bonchev–Trinajstić information content (AvgIpc) is 3.27. The van der Waals surface area contributed by atoms with Crippen molar-refractivity contribution >= 4 is 0 Å². The van der Waals surface area contributed by atoms with E-state index < -0.39 is 5.60 Å². The largest absolute Gasteiger partial charge is 0.393 e. The van der Waals surface area contributed by atoms with Gasteiger partial charge >= 0.3 is 0 Å². The zero-order chi connectivity index (χ0) is 22.4. The van der Waals surface area contributed by atoms with Gasteiger partial charge in [-0.25, -0.2) is 0 Å². The fourth-order valence-electron chi connectivity index (χ4n) is 10.7. The smallest absolute Gasteiger partial charge is 0.0771 e. The van der Waals surface area contributed by atoms with E-state index in [9.17, 15) is 10.2 Å². The molecule has 2 heteroatoms. The zero-order valence-corrected chi connectivity index (χ0v) is 21.1. The molecule has 0 aliphatic heterocycles. The van der Waals surface area contributed by atoms with E-state index in [-0.39, 0.29) is 6.10 Å². The summed E-state index contributed by atoms with van der Waals surface area (Å²) in [7, 11) is 0. The molecule has 0 amide bonds.